The molecule has 0 aromatic carbocycles. The predicted octanol–water partition coefficient (Wildman–Crippen LogP) is -2.92. The van der Waals surface area contributed by atoms with Crippen LogP contribution in [0, 0.1) is 11.8 Å². The second-order valence-corrected chi connectivity index (χ2v) is 5.09. The number of ether oxygens (including phenoxy) is 1. The van der Waals surface area contributed by atoms with Gasteiger partial charge in [-0.05, 0) is 0 Å². The maximum absolute atomic E-state index is 11.9. The number of aliphatic hydroxyl groups is 2. The lowest BCUT2D eigenvalue weighted by molar-refractivity contribution is -0.0459. The number of hydrogen-bond donors (Lipinski definition) is 5. The van der Waals surface area contributed by atoms with Gasteiger partial charge in [0.2, 0.25) is 0 Å². The highest BCUT2D eigenvalue weighted by Crippen LogP contribution is 2.27. The van der Waals surface area contributed by atoms with Crippen molar-refractivity contribution in [3.8, 4) is 11.8 Å². The molecule has 1 aromatic rings. The van der Waals surface area contributed by atoms with Crippen molar-refractivity contribution in [3.63, 3.8) is 0 Å². The zero-order chi connectivity index (χ0) is 16.8. The van der Waals surface area contributed by atoms with E-state index in [1.54, 1.807) is 0 Å². The lowest BCUT2D eigenvalue weighted by atomic mass is 10.2. The van der Waals surface area contributed by atoms with Gasteiger partial charge in [0.05, 0.1) is 19.3 Å². The van der Waals surface area contributed by atoms with Crippen molar-refractivity contribution < 1.29 is 14.9 Å². The lowest BCUT2D eigenvalue weighted by Gasteiger charge is -2.14. The molecule has 6 N–H and O–H groups in total. The van der Waals surface area contributed by atoms with Crippen LogP contribution >= 0.6 is 0 Å². The molecule has 9 nitrogen and oxygen atoms in total. The number of rotatable bonds is 5. The predicted molar refractivity (Wildman–Crippen MR) is 81.7 cm³/mol. The van der Waals surface area contributed by atoms with Crippen LogP contribution in [0.5, 0.6) is 0 Å². The van der Waals surface area contributed by atoms with Crippen LogP contribution in [0.1, 0.15) is 18.2 Å². The molecule has 1 aliphatic heterocycles. The van der Waals surface area contributed by atoms with Crippen LogP contribution in [-0.4, -0.2) is 58.2 Å². The topological polar surface area (TPSA) is 143 Å². The van der Waals surface area contributed by atoms with Gasteiger partial charge < -0.3 is 26.0 Å². The molecule has 0 bridgehead atoms. The normalized spacial score (nSPS) is 23.5. The Kier molecular flexibility index (Phi) is 6.09. The summed E-state index contributed by atoms with van der Waals surface area (Å²) in [5.74, 6) is 5.44. The van der Waals surface area contributed by atoms with E-state index in [1.807, 2.05) is 0 Å². The molecule has 23 heavy (non-hydrogen) atoms. The molecule has 2 heterocycles. The Morgan fingerprint density at radius 1 is 1.52 bits per heavy atom. The third kappa shape index (κ3) is 4.28. The summed E-state index contributed by atoms with van der Waals surface area (Å²) in [5, 5.41) is 21.8. The first-order chi connectivity index (χ1) is 11.1. The van der Waals surface area contributed by atoms with Crippen LogP contribution in [-0.2, 0) is 4.74 Å². The average Bonchev–Trinajstić information content (AvgIpc) is 2.89. The smallest absolute Gasteiger partial charge is 0.330 e. The van der Waals surface area contributed by atoms with E-state index in [1.165, 1.54) is 6.20 Å². The van der Waals surface area contributed by atoms with Crippen molar-refractivity contribution >= 4 is 0 Å². The summed E-state index contributed by atoms with van der Waals surface area (Å²) in [4.78, 5) is 25.8. The largest absolute Gasteiger partial charge is 0.394 e. The summed E-state index contributed by atoms with van der Waals surface area (Å²) in [6, 6.07) is 0. The van der Waals surface area contributed by atoms with E-state index >= 15 is 0 Å². The first-order valence-corrected chi connectivity index (χ1v) is 7.26. The minimum atomic E-state index is -0.876. The highest BCUT2D eigenvalue weighted by atomic mass is 16.5. The summed E-state index contributed by atoms with van der Waals surface area (Å²) in [6.45, 7) is 1.11. The first kappa shape index (κ1) is 17.4. The molecule has 1 aromatic heterocycles. The monoisotopic (exact) mass is 324 g/mol. The molecule has 0 radical (unpaired) electrons. The maximum Gasteiger partial charge on any atom is 0.330 e. The van der Waals surface area contributed by atoms with Crippen molar-refractivity contribution in [2.45, 2.75) is 24.9 Å². The quantitative estimate of drug-likeness (QED) is 0.288. The Bertz CT molecular complexity index is 702. The number of nitrogens with one attached hydrogen (secondary N) is 2. The minimum Gasteiger partial charge on any atom is -0.394 e. The van der Waals surface area contributed by atoms with E-state index in [0.29, 0.717) is 19.6 Å². The Morgan fingerprint density at radius 3 is 2.96 bits per heavy atom. The molecule has 1 saturated heterocycles. The zero-order valence-corrected chi connectivity index (χ0v) is 12.5. The highest BCUT2D eigenvalue weighted by molar-refractivity contribution is 5.30. The number of nitrogens with zero attached hydrogens (tertiary/aromatic N) is 1. The molecule has 126 valence electrons. The lowest BCUT2D eigenvalue weighted by Crippen LogP contribution is -2.33. The number of aliphatic hydroxyl groups excluding tert-OH is 2. The summed E-state index contributed by atoms with van der Waals surface area (Å²) >= 11 is 0. The molecule has 0 saturated carbocycles. The average molecular weight is 324 g/mol. The molecule has 0 spiro atoms. The van der Waals surface area contributed by atoms with Gasteiger partial charge in [0, 0.05) is 25.7 Å². The maximum atomic E-state index is 11.9. The number of hydrogen-bond acceptors (Lipinski definition) is 7. The Morgan fingerprint density at radius 2 is 2.30 bits per heavy atom. The van der Waals surface area contributed by atoms with Gasteiger partial charge >= 0.3 is 5.69 Å². The van der Waals surface area contributed by atoms with Crippen LogP contribution < -0.4 is 22.3 Å². The fourth-order valence-electron chi connectivity index (χ4n) is 2.23. The van der Waals surface area contributed by atoms with Crippen LogP contribution in [0.4, 0.5) is 0 Å². The Hall–Kier alpha value is -1.96. The third-order valence-corrected chi connectivity index (χ3v) is 3.42. The minimum absolute atomic E-state index is 0.115. The number of aromatic nitrogens is 2. The Labute approximate surface area is 132 Å². The van der Waals surface area contributed by atoms with Gasteiger partial charge in [0.1, 0.15) is 17.9 Å². The van der Waals surface area contributed by atoms with Gasteiger partial charge in [-0.25, -0.2) is 4.79 Å². The van der Waals surface area contributed by atoms with E-state index in [9.17, 15) is 14.7 Å². The molecule has 9 heteroatoms. The van der Waals surface area contributed by atoms with E-state index in [-0.39, 0.29) is 18.6 Å². The summed E-state index contributed by atoms with van der Waals surface area (Å²) in [7, 11) is 0. The second-order valence-electron chi connectivity index (χ2n) is 5.09. The van der Waals surface area contributed by atoms with Gasteiger partial charge in [-0.15, -0.1) is 0 Å². The zero-order valence-electron chi connectivity index (χ0n) is 12.5. The highest BCUT2D eigenvalue weighted by Gasteiger charge is 2.35. The van der Waals surface area contributed by atoms with E-state index < -0.39 is 29.7 Å². The van der Waals surface area contributed by atoms with E-state index in [4.69, 9.17) is 15.6 Å². The van der Waals surface area contributed by atoms with Crippen LogP contribution in [0.2, 0.25) is 0 Å². The molecule has 1 fully saturated rings. The summed E-state index contributed by atoms with van der Waals surface area (Å²) in [6.07, 6.45) is -0.953. The van der Waals surface area contributed by atoms with Gasteiger partial charge in [-0.1, -0.05) is 11.8 Å². The molecule has 3 atom stereocenters. The SMILES string of the molecule is NCCNCC#Cc1cn([C@H]2C[C@H](O)[C@@H](CO)O2)c(=O)[nH]c1=O. The number of aromatic amines is 1. The second kappa shape index (κ2) is 8.05. The van der Waals surface area contributed by atoms with Crippen molar-refractivity contribution in [3.05, 3.63) is 32.6 Å². The van der Waals surface area contributed by atoms with Crippen molar-refractivity contribution in [1.29, 1.82) is 0 Å². The van der Waals surface area contributed by atoms with E-state index in [0.717, 1.165) is 4.57 Å². The molecule has 0 aliphatic carbocycles. The van der Waals surface area contributed by atoms with Crippen LogP contribution in [0.3, 0.4) is 0 Å². The van der Waals surface area contributed by atoms with Gasteiger partial charge in [-0.3, -0.25) is 14.3 Å². The van der Waals surface area contributed by atoms with Gasteiger partial charge in [0.25, 0.3) is 5.56 Å². The molecule has 1 aliphatic rings. The first-order valence-electron chi connectivity index (χ1n) is 7.26. The summed E-state index contributed by atoms with van der Waals surface area (Å²) < 4.78 is 6.57. The van der Waals surface area contributed by atoms with Gasteiger partial charge in [0.15, 0.2) is 0 Å². The number of H-pyrrole nitrogens is 1. The molecular weight excluding hydrogens is 304 g/mol. The van der Waals surface area contributed by atoms with Crippen LogP contribution in [0.15, 0.2) is 15.8 Å². The Balaban J connectivity index is 2.20. The molecule has 0 unspecified atom stereocenters. The standard InChI is InChI=1S/C14H20N4O5/c15-3-5-16-4-1-2-9-7-18(14(22)17-13(9)21)12-6-10(20)11(8-19)23-12/h7,10-12,16,19-20H,3-6,8,15H2,(H,17,21,22)/t10-,11+,12+/m0/s1. The fraction of sp³-hybridized carbons (Fsp3) is 0.571. The van der Waals surface area contributed by atoms with Gasteiger partial charge in [-0.2, -0.15) is 0 Å². The van der Waals surface area contributed by atoms with Crippen molar-refractivity contribution in [1.82, 2.24) is 14.9 Å². The molecule has 2 rings (SSSR count). The van der Waals surface area contributed by atoms with E-state index in [2.05, 4.69) is 22.1 Å². The van der Waals surface area contributed by atoms with Crippen LogP contribution in [0.25, 0.3) is 0 Å². The molecular formula is C14H20N4O5. The molecule has 0 amide bonds. The third-order valence-electron chi connectivity index (χ3n) is 3.42. The number of nitrogens with two attached hydrogens (primary N) is 1. The fourth-order valence-corrected chi connectivity index (χ4v) is 2.23. The summed E-state index contributed by atoms with van der Waals surface area (Å²) in [5.41, 5.74) is 4.20. The van der Waals surface area contributed by atoms with Crippen molar-refractivity contribution in [2.24, 2.45) is 5.73 Å². The van der Waals surface area contributed by atoms with Crippen molar-refractivity contribution in [2.75, 3.05) is 26.2 Å².